The third-order valence-corrected chi connectivity index (χ3v) is 2.98. The highest BCUT2D eigenvalue weighted by Crippen LogP contribution is 2.38. The van der Waals surface area contributed by atoms with Crippen LogP contribution in [0.25, 0.3) is 0 Å². The predicted molar refractivity (Wildman–Crippen MR) is 55.6 cm³/mol. The molecule has 0 aromatic carbocycles. The highest BCUT2D eigenvalue weighted by atomic mass is 16.5. The van der Waals surface area contributed by atoms with E-state index in [0.29, 0.717) is 11.6 Å². The van der Waals surface area contributed by atoms with Crippen molar-refractivity contribution in [3.8, 4) is 5.88 Å². The molecular formula is C11H16N2O2. The van der Waals surface area contributed by atoms with Crippen molar-refractivity contribution in [2.24, 2.45) is 0 Å². The lowest BCUT2D eigenvalue weighted by Gasteiger charge is -2.31. The maximum atomic E-state index is 10.5. The second-order valence-corrected chi connectivity index (χ2v) is 4.01. The molecule has 1 fully saturated rings. The summed E-state index contributed by atoms with van der Waals surface area (Å²) in [4.78, 5) is 8.28. The van der Waals surface area contributed by atoms with Gasteiger partial charge in [0, 0.05) is 12.4 Å². The first-order valence-corrected chi connectivity index (χ1v) is 5.34. The largest absolute Gasteiger partial charge is 0.480 e. The van der Waals surface area contributed by atoms with Crippen molar-refractivity contribution in [2.75, 3.05) is 7.11 Å². The summed E-state index contributed by atoms with van der Waals surface area (Å²) in [6.45, 7) is 0. The molecule has 0 unspecified atom stereocenters. The van der Waals surface area contributed by atoms with Gasteiger partial charge in [-0.1, -0.05) is 19.3 Å². The van der Waals surface area contributed by atoms with E-state index in [-0.39, 0.29) is 0 Å². The van der Waals surface area contributed by atoms with Crippen LogP contribution in [0.3, 0.4) is 0 Å². The number of aliphatic hydroxyl groups is 1. The van der Waals surface area contributed by atoms with Gasteiger partial charge in [0.15, 0.2) is 0 Å². The number of aromatic nitrogens is 2. The first-order valence-electron chi connectivity index (χ1n) is 5.34. The summed E-state index contributed by atoms with van der Waals surface area (Å²) in [5, 5.41) is 10.5. The topological polar surface area (TPSA) is 55.2 Å². The fraction of sp³-hybridized carbons (Fsp3) is 0.636. The highest BCUT2D eigenvalue weighted by Gasteiger charge is 2.35. The molecule has 0 radical (unpaired) electrons. The smallest absolute Gasteiger partial charge is 0.238 e. The van der Waals surface area contributed by atoms with Crippen molar-refractivity contribution in [3.63, 3.8) is 0 Å². The average molecular weight is 208 g/mol. The minimum atomic E-state index is -0.835. The van der Waals surface area contributed by atoms with Crippen LogP contribution in [-0.4, -0.2) is 22.2 Å². The Balaban J connectivity index is 2.34. The molecule has 1 aliphatic carbocycles. The van der Waals surface area contributed by atoms with Gasteiger partial charge in [-0.15, -0.1) is 0 Å². The van der Waals surface area contributed by atoms with Crippen molar-refractivity contribution in [1.82, 2.24) is 9.97 Å². The number of hydrogen-bond acceptors (Lipinski definition) is 4. The maximum Gasteiger partial charge on any atom is 0.238 e. The van der Waals surface area contributed by atoms with Crippen molar-refractivity contribution in [3.05, 3.63) is 18.1 Å². The molecule has 4 heteroatoms. The molecule has 15 heavy (non-hydrogen) atoms. The SMILES string of the molecule is COc1nccnc1C1(O)CCCCC1. The van der Waals surface area contributed by atoms with Crippen LogP contribution < -0.4 is 4.74 Å². The molecule has 82 valence electrons. The Hall–Kier alpha value is -1.16. The van der Waals surface area contributed by atoms with Gasteiger partial charge in [-0.2, -0.15) is 0 Å². The van der Waals surface area contributed by atoms with Crippen molar-refractivity contribution < 1.29 is 9.84 Å². The molecule has 1 aromatic rings. The molecule has 1 aliphatic rings. The van der Waals surface area contributed by atoms with E-state index in [1.807, 2.05) is 0 Å². The van der Waals surface area contributed by atoms with Gasteiger partial charge in [0.1, 0.15) is 11.3 Å². The van der Waals surface area contributed by atoms with E-state index in [0.717, 1.165) is 25.7 Å². The van der Waals surface area contributed by atoms with Gasteiger partial charge in [-0.3, -0.25) is 4.98 Å². The van der Waals surface area contributed by atoms with E-state index in [2.05, 4.69) is 9.97 Å². The second-order valence-electron chi connectivity index (χ2n) is 4.01. The third-order valence-electron chi connectivity index (χ3n) is 2.98. The normalized spacial score (nSPS) is 19.9. The van der Waals surface area contributed by atoms with Gasteiger partial charge in [-0.25, -0.2) is 4.98 Å². The number of hydrogen-bond donors (Lipinski definition) is 1. The Morgan fingerprint density at radius 2 is 1.87 bits per heavy atom. The van der Waals surface area contributed by atoms with Crippen LogP contribution in [0.15, 0.2) is 12.4 Å². The molecule has 1 N–H and O–H groups in total. The van der Waals surface area contributed by atoms with Crippen LogP contribution in [0.5, 0.6) is 5.88 Å². The summed E-state index contributed by atoms with van der Waals surface area (Å²) in [5.41, 5.74) is -0.245. The van der Waals surface area contributed by atoms with Crippen LogP contribution >= 0.6 is 0 Å². The fourth-order valence-electron chi connectivity index (χ4n) is 2.17. The molecule has 0 bridgehead atoms. The van der Waals surface area contributed by atoms with Gasteiger partial charge in [-0.05, 0) is 12.8 Å². The molecule has 0 atom stereocenters. The van der Waals surface area contributed by atoms with Crippen molar-refractivity contribution in [1.29, 1.82) is 0 Å². The molecule has 2 rings (SSSR count). The van der Waals surface area contributed by atoms with E-state index < -0.39 is 5.60 Å². The molecule has 0 aliphatic heterocycles. The summed E-state index contributed by atoms with van der Waals surface area (Å²) >= 11 is 0. The van der Waals surface area contributed by atoms with E-state index in [1.54, 1.807) is 19.5 Å². The molecule has 4 nitrogen and oxygen atoms in total. The minimum Gasteiger partial charge on any atom is -0.480 e. The van der Waals surface area contributed by atoms with Crippen molar-refractivity contribution >= 4 is 0 Å². The fourth-order valence-corrected chi connectivity index (χ4v) is 2.17. The second kappa shape index (κ2) is 4.14. The van der Waals surface area contributed by atoms with E-state index in [1.165, 1.54) is 6.42 Å². The van der Waals surface area contributed by atoms with Crippen LogP contribution in [0, 0.1) is 0 Å². The Morgan fingerprint density at radius 1 is 1.20 bits per heavy atom. The number of methoxy groups -OCH3 is 1. The number of rotatable bonds is 2. The average Bonchev–Trinajstić information content (AvgIpc) is 2.30. The number of ether oxygens (including phenoxy) is 1. The molecule has 0 amide bonds. The van der Waals surface area contributed by atoms with E-state index >= 15 is 0 Å². The lowest BCUT2D eigenvalue weighted by atomic mass is 9.82. The first-order chi connectivity index (χ1) is 7.26. The van der Waals surface area contributed by atoms with Gasteiger partial charge in [0.05, 0.1) is 7.11 Å². The molecular weight excluding hydrogens is 192 g/mol. The van der Waals surface area contributed by atoms with Crippen molar-refractivity contribution in [2.45, 2.75) is 37.7 Å². The van der Waals surface area contributed by atoms with Crippen LogP contribution in [-0.2, 0) is 5.60 Å². The molecule has 1 saturated carbocycles. The zero-order valence-electron chi connectivity index (χ0n) is 8.94. The van der Waals surface area contributed by atoms with E-state index in [9.17, 15) is 5.11 Å². The van der Waals surface area contributed by atoms with E-state index in [4.69, 9.17) is 4.74 Å². The lowest BCUT2D eigenvalue weighted by Crippen LogP contribution is -2.30. The molecule has 0 spiro atoms. The lowest BCUT2D eigenvalue weighted by molar-refractivity contribution is -0.00728. The summed E-state index contributed by atoms with van der Waals surface area (Å²) in [7, 11) is 1.56. The quantitative estimate of drug-likeness (QED) is 0.802. The Kier molecular flexibility index (Phi) is 2.86. The monoisotopic (exact) mass is 208 g/mol. The Labute approximate surface area is 89.3 Å². The van der Waals surface area contributed by atoms with Crippen LogP contribution in [0.2, 0.25) is 0 Å². The van der Waals surface area contributed by atoms with Gasteiger partial charge >= 0.3 is 0 Å². The maximum absolute atomic E-state index is 10.5. The number of nitrogens with zero attached hydrogens (tertiary/aromatic N) is 2. The van der Waals surface area contributed by atoms with Crippen LogP contribution in [0.1, 0.15) is 37.8 Å². The summed E-state index contributed by atoms with van der Waals surface area (Å²) < 4.78 is 5.13. The zero-order chi connectivity index (χ0) is 10.7. The van der Waals surface area contributed by atoms with Gasteiger partial charge in [0.25, 0.3) is 0 Å². The highest BCUT2D eigenvalue weighted by molar-refractivity contribution is 5.24. The Morgan fingerprint density at radius 3 is 2.53 bits per heavy atom. The minimum absolute atomic E-state index is 0.446. The van der Waals surface area contributed by atoms with Crippen LogP contribution in [0.4, 0.5) is 0 Å². The predicted octanol–water partition coefficient (Wildman–Crippen LogP) is 1.64. The molecule has 0 saturated heterocycles. The summed E-state index contributed by atoms with van der Waals surface area (Å²) in [5.74, 6) is 0.446. The zero-order valence-corrected chi connectivity index (χ0v) is 8.94. The summed E-state index contributed by atoms with van der Waals surface area (Å²) in [6, 6.07) is 0. The summed E-state index contributed by atoms with van der Waals surface area (Å²) in [6.07, 6.45) is 7.94. The standard InChI is InChI=1S/C11H16N2O2/c1-15-10-9(12-7-8-13-10)11(14)5-3-2-4-6-11/h7-8,14H,2-6H2,1H3. The molecule has 1 heterocycles. The van der Waals surface area contributed by atoms with Gasteiger partial charge in [0.2, 0.25) is 5.88 Å². The van der Waals surface area contributed by atoms with Gasteiger partial charge < -0.3 is 9.84 Å². The third kappa shape index (κ3) is 1.95. The Bertz CT molecular complexity index is 335. The first kappa shape index (κ1) is 10.4. The molecule has 1 aromatic heterocycles.